The van der Waals surface area contributed by atoms with Crippen molar-refractivity contribution in [3.8, 4) is 0 Å². The molecule has 1 nitrogen and oxygen atoms in total. The Hall–Kier alpha value is -3.30. The lowest BCUT2D eigenvalue weighted by molar-refractivity contribution is 0.155. The number of anilines is 3. The molecular weight excluding hydrogens is 657 g/mol. The molecule has 3 aliphatic carbocycles. The summed E-state index contributed by atoms with van der Waals surface area (Å²) in [6.07, 6.45) is 16.8. The van der Waals surface area contributed by atoms with E-state index in [0.717, 1.165) is 0 Å². The number of benzene rings is 3. The highest BCUT2D eigenvalue weighted by atomic mass is 32.1. The predicted molar refractivity (Wildman–Crippen MR) is 235 cm³/mol. The molecule has 276 valence electrons. The van der Waals surface area contributed by atoms with Crippen LogP contribution in [-0.2, 0) is 10.8 Å². The lowest BCUT2D eigenvalue weighted by Gasteiger charge is -2.47. The summed E-state index contributed by atoms with van der Waals surface area (Å²) >= 11 is 2.03. The standard InChI is InChI=1S/C50H62BNS/c1-32-27-36(47(2,3)4)18-22-42(32)52-43-23-19-37(48(5,6)7)31-41(43)51(40-21-17-34(29-44(40)52)33-15-13-12-14-16-33)46-30-35-28-39-38(20-24-45(35)53-46)49(8,9)25-26-50(39,10)11/h17-24,27-31,33,38H,12-16,25-26H2,1-11H3. The van der Waals surface area contributed by atoms with E-state index in [1.165, 1.54) is 110 Å². The molecule has 53 heavy (non-hydrogen) atoms. The van der Waals surface area contributed by atoms with Crippen molar-refractivity contribution in [2.45, 2.75) is 138 Å². The van der Waals surface area contributed by atoms with Crippen molar-refractivity contribution in [1.29, 1.82) is 0 Å². The molecule has 0 spiro atoms. The molecule has 3 aromatic carbocycles. The van der Waals surface area contributed by atoms with Crippen LogP contribution < -0.4 is 20.6 Å². The second-order valence-electron chi connectivity index (χ2n) is 20.5. The number of nitrogens with zero attached hydrogens (tertiary/aromatic N) is 1. The van der Waals surface area contributed by atoms with Gasteiger partial charge in [-0.05, 0) is 134 Å². The van der Waals surface area contributed by atoms with E-state index in [4.69, 9.17) is 0 Å². The number of aryl methyl sites for hydroxylation is 1. The van der Waals surface area contributed by atoms with Crippen molar-refractivity contribution in [3.63, 3.8) is 0 Å². The average Bonchev–Trinajstić information content (AvgIpc) is 3.39. The summed E-state index contributed by atoms with van der Waals surface area (Å²) < 4.78 is 1.46. The zero-order valence-corrected chi connectivity index (χ0v) is 35.4. The van der Waals surface area contributed by atoms with Crippen LogP contribution in [0.4, 0.5) is 17.1 Å². The van der Waals surface area contributed by atoms with Crippen LogP contribution in [-0.4, -0.2) is 6.71 Å². The fraction of sp³-hybridized carbons (Fsp3) is 0.480. The van der Waals surface area contributed by atoms with Crippen molar-refractivity contribution in [1.82, 2.24) is 0 Å². The third-order valence-corrected chi connectivity index (χ3v) is 14.8. The Morgan fingerprint density at radius 2 is 1.40 bits per heavy atom. The fourth-order valence-electron chi connectivity index (χ4n) is 9.98. The molecular formula is C50H62BNS. The van der Waals surface area contributed by atoms with Crippen molar-refractivity contribution in [2.24, 2.45) is 16.7 Å². The van der Waals surface area contributed by atoms with E-state index >= 15 is 0 Å². The number of rotatable bonds is 3. The molecule has 4 aliphatic rings. The minimum atomic E-state index is 0.0495. The Balaban J connectivity index is 1.35. The number of hydrogen-bond acceptors (Lipinski definition) is 2. The van der Waals surface area contributed by atoms with Gasteiger partial charge in [-0.1, -0.05) is 143 Å². The smallest absolute Gasteiger partial charge is 0.259 e. The van der Waals surface area contributed by atoms with Gasteiger partial charge in [0.2, 0.25) is 0 Å². The first kappa shape index (κ1) is 36.7. The highest BCUT2D eigenvalue weighted by Gasteiger charge is 2.44. The molecule has 1 aromatic heterocycles. The van der Waals surface area contributed by atoms with Gasteiger partial charge < -0.3 is 4.90 Å². The normalized spacial score (nSPS) is 21.0. The molecule has 0 bridgehead atoms. The van der Waals surface area contributed by atoms with Crippen LogP contribution >= 0.6 is 11.3 Å². The van der Waals surface area contributed by atoms with E-state index < -0.39 is 0 Å². The van der Waals surface area contributed by atoms with Gasteiger partial charge in [0.25, 0.3) is 6.71 Å². The van der Waals surface area contributed by atoms with Crippen LogP contribution in [0.15, 0.2) is 72.3 Å². The Kier molecular flexibility index (Phi) is 8.92. The summed E-state index contributed by atoms with van der Waals surface area (Å²) in [5, 5.41) is 0. The summed E-state index contributed by atoms with van der Waals surface area (Å²) in [7, 11) is 0. The second-order valence-corrected chi connectivity index (χ2v) is 21.6. The van der Waals surface area contributed by atoms with E-state index in [0.29, 0.717) is 11.8 Å². The first-order valence-corrected chi connectivity index (χ1v) is 21.5. The van der Waals surface area contributed by atoms with Crippen molar-refractivity contribution in [2.75, 3.05) is 4.90 Å². The SMILES string of the molecule is Cc1cc(C(C)(C)C)ccc1N1c2ccc(C(C)(C)C)cc2B(c2cc3c(s2)C=CC2C(=C3)C(C)(C)CCC2(C)C)c2ccc(C3CCCCC3)cc21. The number of allylic oxidation sites excluding steroid dienone is 2. The molecule has 0 saturated heterocycles. The van der Waals surface area contributed by atoms with Gasteiger partial charge in [0.05, 0.1) is 0 Å². The van der Waals surface area contributed by atoms with Crippen LogP contribution in [0.5, 0.6) is 0 Å². The summed E-state index contributed by atoms with van der Waals surface area (Å²) in [5.74, 6) is 1.13. The van der Waals surface area contributed by atoms with E-state index in [9.17, 15) is 0 Å². The molecule has 1 atom stereocenters. The van der Waals surface area contributed by atoms with E-state index in [1.807, 2.05) is 11.3 Å². The highest BCUT2D eigenvalue weighted by Crippen LogP contribution is 2.54. The molecule has 0 radical (unpaired) electrons. The number of thiophene rings is 1. The fourth-order valence-corrected chi connectivity index (χ4v) is 11.2. The molecule has 1 aliphatic heterocycles. The van der Waals surface area contributed by atoms with Crippen molar-refractivity contribution < 1.29 is 0 Å². The summed E-state index contributed by atoms with van der Waals surface area (Å²) in [6, 6.07) is 24.9. The number of fused-ring (bicyclic) bond motifs is 4. The van der Waals surface area contributed by atoms with Gasteiger partial charge in [-0.2, -0.15) is 0 Å². The molecule has 2 heterocycles. The predicted octanol–water partition coefficient (Wildman–Crippen LogP) is 12.9. The van der Waals surface area contributed by atoms with Crippen LogP contribution in [0.1, 0.15) is 153 Å². The topological polar surface area (TPSA) is 3.24 Å². The molecule has 0 amide bonds. The highest BCUT2D eigenvalue weighted by molar-refractivity contribution is 7.28. The Bertz CT molecular complexity index is 2120. The average molecular weight is 720 g/mol. The van der Waals surface area contributed by atoms with Crippen LogP contribution in [0, 0.1) is 23.7 Å². The monoisotopic (exact) mass is 719 g/mol. The van der Waals surface area contributed by atoms with E-state index in [-0.39, 0.29) is 28.4 Å². The molecule has 3 heteroatoms. The maximum atomic E-state index is 2.64. The first-order chi connectivity index (χ1) is 24.9. The van der Waals surface area contributed by atoms with E-state index in [2.05, 4.69) is 160 Å². The third-order valence-electron chi connectivity index (χ3n) is 13.6. The van der Waals surface area contributed by atoms with Gasteiger partial charge in [0.15, 0.2) is 0 Å². The van der Waals surface area contributed by atoms with Crippen LogP contribution in [0.3, 0.4) is 0 Å². The summed E-state index contributed by atoms with van der Waals surface area (Å²) in [6.45, 7) is 26.4. The van der Waals surface area contributed by atoms with E-state index in [1.54, 1.807) is 5.57 Å². The lowest BCUT2D eigenvalue weighted by Crippen LogP contribution is -2.56. The van der Waals surface area contributed by atoms with Gasteiger partial charge in [0.1, 0.15) is 0 Å². The van der Waals surface area contributed by atoms with Gasteiger partial charge >= 0.3 is 0 Å². The molecule has 0 N–H and O–H groups in total. The lowest BCUT2D eigenvalue weighted by atomic mass is 9.37. The van der Waals surface area contributed by atoms with Crippen LogP contribution in [0.2, 0.25) is 0 Å². The summed E-state index contributed by atoms with van der Waals surface area (Å²) in [4.78, 5) is 4.05. The molecule has 1 unspecified atom stereocenters. The van der Waals surface area contributed by atoms with Crippen molar-refractivity contribution >= 4 is 63.0 Å². The van der Waals surface area contributed by atoms with Gasteiger partial charge in [-0.3, -0.25) is 0 Å². The minimum absolute atomic E-state index is 0.0495. The maximum absolute atomic E-state index is 2.64. The minimum Gasteiger partial charge on any atom is -0.311 e. The zero-order valence-electron chi connectivity index (χ0n) is 34.5. The van der Waals surface area contributed by atoms with Crippen LogP contribution in [0.25, 0.3) is 12.2 Å². The Morgan fingerprint density at radius 3 is 2.08 bits per heavy atom. The Labute approximate surface area is 326 Å². The third kappa shape index (κ3) is 6.51. The molecule has 2 fully saturated rings. The van der Waals surface area contributed by atoms with Gasteiger partial charge in [-0.15, -0.1) is 11.3 Å². The number of hydrogen-bond donors (Lipinski definition) is 0. The molecule has 8 rings (SSSR count). The second kappa shape index (κ2) is 12.9. The van der Waals surface area contributed by atoms with Crippen molar-refractivity contribution in [3.05, 3.63) is 105 Å². The Morgan fingerprint density at radius 1 is 0.717 bits per heavy atom. The largest absolute Gasteiger partial charge is 0.311 e. The first-order valence-electron chi connectivity index (χ1n) is 20.7. The quantitative estimate of drug-likeness (QED) is 0.168. The summed E-state index contributed by atoms with van der Waals surface area (Å²) in [5.41, 5.74) is 16.2. The molecule has 4 aromatic rings. The molecule has 2 saturated carbocycles. The van der Waals surface area contributed by atoms with Gasteiger partial charge in [0, 0.05) is 27.9 Å². The van der Waals surface area contributed by atoms with Gasteiger partial charge in [-0.25, -0.2) is 0 Å². The zero-order chi connectivity index (χ0) is 37.7. The maximum Gasteiger partial charge on any atom is 0.259 e.